The molecule has 0 bridgehead atoms. The summed E-state index contributed by atoms with van der Waals surface area (Å²) in [5, 5.41) is 0. The van der Waals surface area contributed by atoms with Gasteiger partial charge in [0.05, 0.1) is 12.3 Å². The van der Waals surface area contributed by atoms with Crippen LogP contribution in [0, 0.1) is 0 Å². The van der Waals surface area contributed by atoms with Crippen molar-refractivity contribution in [2.75, 3.05) is 13.7 Å². The Morgan fingerprint density at radius 3 is 2.65 bits per heavy atom. The van der Waals surface area contributed by atoms with E-state index in [1.54, 1.807) is 13.3 Å². The fourth-order valence-electron chi connectivity index (χ4n) is 1.92. The summed E-state index contributed by atoms with van der Waals surface area (Å²) in [7, 11) is 1.71. The number of nitrogens with zero attached hydrogens (tertiary/aromatic N) is 1. The second-order valence-corrected chi connectivity index (χ2v) is 4.49. The molecule has 0 aliphatic carbocycles. The molecule has 0 saturated heterocycles. The Kier molecular flexibility index (Phi) is 5.53. The van der Waals surface area contributed by atoms with Gasteiger partial charge in [0.2, 0.25) is 0 Å². The summed E-state index contributed by atoms with van der Waals surface area (Å²) in [5.41, 5.74) is 8.80. The third-order valence-corrected chi connectivity index (χ3v) is 3.09. The van der Waals surface area contributed by atoms with Gasteiger partial charge in [0.25, 0.3) is 0 Å². The van der Waals surface area contributed by atoms with Gasteiger partial charge in [-0.3, -0.25) is 4.98 Å². The maximum atomic E-state index is 5.77. The SMILES string of the molecule is COCCc1ccc(OCc2cccnc2CN)cc1. The van der Waals surface area contributed by atoms with E-state index in [2.05, 4.69) is 17.1 Å². The van der Waals surface area contributed by atoms with Crippen LogP contribution in [0.4, 0.5) is 0 Å². The van der Waals surface area contributed by atoms with Crippen molar-refractivity contribution in [3.63, 3.8) is 0 Å². The number of aromatic nitrogens is 1. The van der Waals surface area contributed by atoms with Crippen LogP contribution < -0.4 is 10.5 Å². The average molecular weight is 272 g/mol. The second kappa shape index (κ2) is 7.62. The molecule has 0 amide bonds. The zero-order valence-electron chi connectivity index (χ0n) is 11.7. The fourth-order valence-corrected chi connectivity index (χ4v) is 1.92. The summed E-state index contributed by atoms with van der Waals surface area (Å²) < 4.78 is 10.8. The van der Waals surface area contributed by atoms with Gasteiger partial charge < -0.3 is 15.2 Å². The van der Waals surface area contributed by atoms with Gasteiger partial charge in [-0.1, -0.05) is 18.2 Å². The van der Waals surface area contributed by atoms with Crippen LogP contribution in [0.15, 0.2) is 42.6 Å². The van der Waals surface area contributed by atoms with Crippen molar-refractivity contribution < 1.29 is 9.47 Å². The molecule has 0 fully saturated rings. The third-order valence-electron chi connectivity index (χ3n) is 3.09. The van der Waals surface area contributed by atoms with E-state index in [0.717, 1.165) is 30.0 Å². The van der Waals surface area contributed by atoms with Crippen LogP contribution in [-0.2, 0) is 24.3 Å². The van der Waals surface area contributed by atoms with Gasteiger partial charge in [0.15, 0.2) is 0 Å². The van der Waals surface area contributed by atoms with Crippen LogP contribution in [0.25, 0.3) is 0 Å². The molecule has 0 saturated carbocycles. The first kappa shape index (κ1) is 14.5. The molecule has 1 aromatic heterocycles. The van der Waals surface area contributed by atoms with Crippen LogP contribution in [0.1, 0.15) is 16.8 Å². The fraction of sp³-hybridized carbons (Fsp3) is 0.312. The summed E-state index contributed by atoms with van der Waals surface area (Å²) in [6.45, 7) is 1.64. The third kappa shape index (κ3) is 4.05. The van der Waals surface area contributed by atoms with Crippen LogP contribution in [-0.4, -0.2) is 18.7 Å². The predicted molar refractivity (Wildman–Crippen MR) is 78.5 cm³/mol. The largest absolute Gasteiger partial charge is 0.489 e. The molecule has 0 atom stereocenters. The molecule has 1 heterocycles. The normalized spacial score (nSPS) is 10.5. The van der Waals surface area contributed by atoms with Crippen LogP contribution in [0.2, 0.25) is 0 Å². The van der Waals surface area contributed by atoms with Crippen molar-refractivity contribution >= 4 is 0 Å². The second-order valence-electron chi connectivity index (χ2n) is 4.49. The first-order valence-corrected chi connectivity index (χ1v) is 6.67. The minimum absolute atomic E-state index is 0.426. The summed E-state index contributed by atoms with van der Waals surface area (Å²) in [4.78, 5) is 4.24. The van der Waals surface area contributed by atoms with E-state index >= 15 is 0 Å². The number of hydrogen-bond donors (Lipinski definition) is 1. The Morgan fingerprint density at radius 1 is 1.15 bits per heavy atom. The topological polar surface area (TPSA) is 57.4 Å². The zero-order chi connectivity index (χ0) is 14.2. The smallest absolute Gasteiger partial charge is 0.119 e. The molecule has 20 heavy (non-hydrogen) atoms. The standard InChI is InChI=1S/C16H20N2O2/c1-19-10-8-13-4-6-15(7-5-13)20-12-14-3-2-9-18-16(14)11-17/h2-7,9H,8,10-12,17H2,1H3. The minimum Gasteiger partial charge on any atom is -0.489 e. The van der Waals surface area contributed by atoms with E-state index in [4.69, 9.17) is 15.2 Å². The first-order valence-electron chi connectivity index (χ1n) is 6.67. The number of methoxy groups -OCH3 is 1. The van der Waals surface area contributed by atoms with Gasteiger partial charge in [-0.15, -0.1) is 0 Å². The number of hydrogen-bond acceptors (Lipinski definition) is 4. The molecule has 1 aromatic carbocycles. The van der Waals surface area contributed by atoms with Gasteiger partial charge in [0, 0.05) is 25.4 Å². The Labute approximate surface area is 119 Å². The van der Waals surface area contributed by atoms with Crippen LogP contribution in [0.5, 0.6) is 5.75 Å². The zero-order valence-corrected chi connectivity index (χ0v) is 11.7. The van der Waals surface area contributed by atoms with E-state index in [1.807, 2.05) is 24.3 Å². The summed E-state index contributed by atoms with van der Waals surface area (Å²) in [6.07, 6.45) is 2.66. The molecular weight excluding hydrogens is 252 g/mol. The van der Waals surface area contributed by atoms with E-state index in [9.17, 15) is 0 Å². The van der Waals surface area contributed by atoms with Crippen molar-refractivity contribution in [2.24, 2.45) is 5.73 Å². The summed E-state index contributed by atoms with van der Waals surface area (Å²) in [6, 6.07) is 11.9. The molecule has 0 unspecified atom stereocenters. The lowest BCUT2D eigenvalue weighted by atomic mass is 10.1. The Hall–Kier alpha value is -1.91. The quantitative estimate of drug-likeness (QED) is 0.840. The predicted octanol–water partition coefficient (Wildman–Crippen LogP) is 2.31. The van der Waals surface area contributed by atoms with Crippen molar-refractivity contribution in [1.29, 1.82) is 0 Å². The number of rotatable bonds is 7. The average Bonchev–Trinajstić information content (AvgIpc) is 2.52. The molecule has 0 aliphatic rings. The highest BCUT2D eigenvalue weighted by Crippen LogP contribution is 2.15. The lowest BCUT2D eigenvalue weighted by Gasteiger charge is -2.09. The van der Waals surface area contributed by atoms with Crippen molar-refractivity contribution in [3.8, 4) is 5.75 Å². The number of ether oxygens (including phenoxy) is 2. The Bertz CT molecular complexity index is 526. The highest BCUT2D eigenvalue weighted by atomic mass is 16.5. The maximum Gasteiger partial charge on any atom is 0.119 e. The van der Waals surface area contributed by atoms with Crippen molar-refractivity contribution in [2.45, 2.75) is 19.6 Å². The molecule has 4 nitrogen and oxygen atoms in total. The Balaban J connectivity index is 1.93. The van der Waals surface area contributed by atoms with Crippen LogP contribution >= 0.6 is 0 Å². The van der Waals surface area contributed by atoms with E-state index in [0.29, 0.717) is 13.2 Å². The van der Waals surface area contributed by atoms with Crippen molar-refractivity contribution in [3.05, 3.63) is 59.4 Å². The molecule has 106 valence electrons. The number of pyridine rings is 1. The molecule has 0 aliphatic heterocycles. The molecule has 0 spiro atoms. The first-order chi connectivity index (χ1) is 9.83. The van der Waals surface area contributed by atoms with Gasteiger partial charge in [0.1, 0.15) is 12.4 Å². The van der Waals surface area contributed by atoms with E-state index in [1.165, 1.54) is 5.56 Å². The monoisotopic (exact) mass is 272 g/mol. The van der Waals surface area contributed by atoms with E-state index in [-0.39, 0.29) is 0 Å². The lowest BCUT2D eigenvalue weighted by molar-refractivity contribution is 0.202. The molecule has 2 rings (SSSR count). The highest BCUT2D eigenvalue weighted by Gasteiger charge is 2.02. The minimum atomic E-state index is 0.426. The van der Waals surface area contributed by atoms with Gasteiger partial charge in [-0.05, 0) is 30.2 Å². The highest BCUT2D eigenvalue weighted by molar-refractivity contribution is 5.28. The molecule has 0 radical (unpaired) electrons. The van der Waals surface area contributed by atoms with Crippen LogP contribution in [0.3, 0.4) is 0 Å². The van der Waals surface area contributed by atoms with Gasteiger partial charge >= 0.3 is 0 Å². The maximum absolute atomic E-state index is 5.77. The van der Waals surface area contributed by atoms with E-state index < -0.39 is 0 Å². The number of nitrogens with two attached hydrogens (primary N) is 1. The van der Waals surface area contributed by atoms with Gasteiger partial charge in [-0.25, -0.2) is 0 Å². The summed E-state index contributed by atoms with van der Waals surface area (Å²) in [5.74, 6) is 0.845. The molecule has 2 aromatic rings. The Morgan fingerprint density at radius 2 is 1.95 bits per heavy atom. The lowest BCUT2D eigenvalue weighted by Crippen LogP contribution is -2.06. The summed E-state index contributed by atoms with van der Waals surface area (Å²) >= 11 is 0. The number of benzene rings is 1. The molecule has 2 N–H and O–H groups in total. The van der Waals surface area contributed by atoms with Gasteiger partial charge in [-0.2, -0.15) is 0 Å². The van der Waals surface area contributed by atoms with Crippen molar-refractivity contribution in [1.82, 2.24) is 4.98 Å². The molecule has 4 heteroatoms. The molecular formula is C16H20N2O2.